The van der Waals surface area contributed by atoms with Gasteiger partial charge in [0.15, 0.2) is 5.69 Å². The molecular formula is C9H14N4OS. The van der Waals surface area contributed by atoms with Crippen molar-refractivity contribution in [1.29, 1.82) is 0 Å². The number of amides is 1. The number of carbonyl (C=O) groups is 1. The normalized spacial score (nSPS) is 26.7. The molecule has 1 fully saturated rings. The zero-order valence-corrected chi connectivity index (χ0v) is 9.41. The first kappa shape index (κ1) is 10.5. The van der Waals surface area contributed by atoms with Gasteiger partial charge >= 0.3 is 0 Å². The number of nitrogens with zero attached hydrogens (tertiary/aromatic N) is 3. The van der Waals surface area contributed by atoms with Gasteiger partial charge in [-0.3, -0.25) is 4.79 Å². The Kier molecular flexibility index (Phi) is 2.97. The van der Waals surface area contributed by atoms with Crippen LogP contribution in [0.25, 0.3) is 0 Å². The minimum atomic E-state index is -0.0255. The van der Waals surface area contributed by atoms with Crippen molar-refractivity contribution in [3.63, 3.8) is 0 Å². The highest BCUT2D eigenvalue weighted by Gasteiger charge is 2.27. The molecular weight excluding hydrogens is 212 g/mol. The minimum Gasteiger partial charge on any atom is -0.337 e. The van der Waals surface area contributed by atoms with Gasteiger partial charge in [0.25, 0.3) is 5.91 Å². The van der Waals surface area contributed by atoms with Crippen molar-refractivity contribution < 1.29 is 4.79 Å². The van der Waals surface area contributed by atoms with Crippen molar-refractivity contribution in [2.45, 2.75) is 19.4 Å². The molecule has 0 bridgehead atoms. The molecule has 82 valence electrons. The SMILES string of the molecule is CC1CN(C(=O)c2cnsn2)CCC1N. The van der Waals surface area contributed by atoms with Gasteiger partial charge in [0.1, 0.15) is 0 Å². The molecule has 0 spiro atoms. The molecule has 0 aliphatic carbocycles. The van der Waals surface area contributed by atoms with E-state index in [0.717, 1.165) is 31.2 Å². The third-order valence-electron chi connectivity index (χ3n) is 2.84. The van der Waals surface area contributed by atoms with Crippen LogP contribution in [0.1, 0.15) is 23.8 Å². The monoisotopic (exact) mass is 226 g/mol. The van der Waals surface area contributed by atoms with Gasteiger partial charge in [-0.25, -0.2) is 0 Å². The van der Waals surface area contributed by atoms with Gasteiger partial charge in [-0.2, -0.15) is 8.75 Å². The number of aromatic nitrogens is 2. The number of rotatable bonds is 1. The van der Waals surface area contributed by atoms with Crippen LogP contribution in [0.5, 0.6) is 0 Å². The topological polar surface area (TPSA) is 72.1 Å². The first-order valence-electron chi connectivity index (χ1n) is 5.01. The Balaban J connectivity index is 2.03. The van der Waals surface area contributed by atoms with Crippen molar-refractivity contribution >= 4 is 17.6 Å². The Labute approximate surface area is 92.6 Å². The summed E-state index contributed by atoms with van der Waals surface area (Å²) in [5.41, 5.74) is 6.34. The lowest BCUT2D eigenvalue weighted by Gasteiger charge is -2.34. The molecule has 1 amide bonds. The summed E-state index contributed by atoms with van der Waals surface area (Å²) < 4.78 is 7.77. The second-order valence-corrected chi connectivity index (χ2v) is 4.53. The molecule has 1 aliphatic rings. The van der Waals surface area contributed by atoms with Crippen molar-refractivity contribution in [3.05, 3.63) is 11.9 Å². The van der Waals surface area contributed by atoms with Crippen LogP contribution in [0.3, 0.4) is 0 Å². The summed E-state index contributed by atoms with van der Waals surface area (Å²) in [6.07, 6.45) is 2.39. The van der Waals surface area contributed by atoms with Crippen LogP contribution in [-0.2, 0) is 0 Å². The first-order valence-corrected chi connectivity index (χ1v) is 5.74. The summed E-state index contributed by atoms with van der Waals surface area (Å²) in [7, 11) is 0. The average Bonchev–Trinajstić information content (AvgIpc) is 2.74. The summed E-state index contributed by atoms with van der Waals surface area (Å²) in [4.78, 5) is 13.7. The van der Waals surface area contributed by atoms with Gasteiger partial charge in [0.2, 0.25) is 0 Å². The molecule has 2 N–H and O–H groups in total. The van der Waals surface area contributed by atoms with Crippen LogP contribution in [0.2, 0.25) is 0 Å². The number of likely N-dealkylation sites (tertiary alicyclic amines) is 1. The van der Waals surface area contributed by atoms with E-state index in [1.165, 1.54) is 6.20 Å². The molecule has 1 aromatic heterocycles. The van der Waals surface area contributed by atoms with E-state index in [9.17, 15) is 4.79 Å². The van der Waals surface area contributed by atoms with Crippen molar-refractivity contribution in [3.8, 4) is 0 Å². The Morgan fingerprint density at radius 3 is 3.13 bits per heavy atom. The predicted octanol–water partition coefficient (Wildman–Crippen LogP) is 0.347. The van der Waals surface area contributed by atoms with Crippen molar-refractivity contribution in [2.24, 2.45) is 11.7 Å². The van der Waals surface area contributed by atoms with E-state index in [0.29, 0.717) is 11.6 Å². The molecule has 1 saturated heterocycles. The van der Waals surface area contributed by atoms with Gasteiger partial charge in [-0.15, -0.1) is 0 Å². The number of nitrogens with two attached hydrogens (primary N) is 1. The zero-order chi connectivity index (χ0) is 10.8. The Morgan fingerprint density at radius 2 is 2.53 bits per heavy atom. The van der Waals surface area contributed by atoms with Crippen LogP contribution in [-0.4, -0.2) is 38.7 Å². The molecule has 2 heterocycles. The standard InChI is InChI=1S/C9H14N4OS/c1-6-5-13(3-2-7(6)10)9(14)8-4-11-15-12-8/h4,6-7H,2-3,5,10H2,1H3. The van der Waals surface area contributed by atoms with Gasteiger partial charge < -0.3 is 10.6 Å². The minimum absolute atomic E-state index is 0.0255. The second kappa shape index (κ2) is 4.24. The zero-order valence-electron chi connectivity index (χ0n) is 8.59. The van der Waals surface area contributed by atoms with E-state index in [1.54, 1.807) is 0 Å². The smallest absolute Gasteiger partial charge is 0.275 e. The summed E-state index contributed by atoms with van der Waals surface area (Å²) in [6.45, 7) is 3.52. The highest BCUT2D eigenvalue weighted by atomic mass is 32.1. The molecule has 2 unspecified atom stereocenters. The fourth-order valence-corrected chi connectivity index (χ4v) is 2.18. The molecule has 15 heavy (non-hydrogen) atoms. The highest BCUT2D eigenvalue weighted by Crippen LogP contribution is 2.16. The molecule has 2 rings (SSSR count). The third kappa shape index (κ3) is 2.15. The highest BCUT2D eigenvalue weighted by molar-refractivity contribution is 6.99. The number of carbonyl (C=O) groups excluding carboxylic acids is 1. The van der Waals surface area contributed by atoms with Crippen molar-refractivity contribution in [2.75, 3.05) is 13.1 Å². The molecule has 6 heteroatoms. The van der Waals surface area contributed by atoms with Crippen LogP contribution >= 0.6 is 11.7 Å². The van der Waals surface area contributed by atoms with Gasteiger partial charge in [-0.05, 0) is 12.3 Å². The fraction of sp³-hybridized carbons (Fsp3) is 0.667. The van der Waals surface area contributed by atoms with Gasteiger partial charge in [-0.1, -0.05) is 6.92 Å². The van der Waals surface area contributed by atoms with Gasteiger partial charge in [0.05, 0.1) is 17.9 Å². The maximum atomic E-state index is 11.9. The Bertz CT molecular complexity index is 340. The summed E-state index contributed by atoms with van der Waals surface area (Å²) in [5, 5.41) is 0. The predicted molar refractivity (Wildman–Crippen MR) is 57.6 cm³/mol. The van der Waals surface area contributed by atoms with E-state index in [1.807, 2.05) is 4.90 Å². The first-order chi connectivity index (χ1) is 7.18. The quantitative estimate of drug-likeness (QED) is 0.750. The molecule has 0 aromatic carbocycles. The third-order valence-corrected chi connectivity index (χ3v) is 3.32. The largest absolute Gasteiger partial charge is 0.337 e. The van der Waals surface area contributed by atoms with E-state index in [-0.39, 0.29) is 11.9 Å². The molecule has 0 radical (unpaired) electrons. The lowest BCUT2D eigenvalue weighted by atomic mass is 9.95. The van der Waals surface area contributed by atoms with Crippen LogP contribution in [0.15, 0.2) is 6.20 Å². The molecule has 1 aromatic rings. The molecule has 5 nitrogen and oxygen atoms in total. The van der Waals surface area contributed by atoms with Crippen LogP contribution in [0.4, 0.5) is 0 Å². The average molecular weight is 226 g/mol. The molecule has 2 atom stereocenters. The van der Waals surface area contributed by atoms with E-state index in [2.05, 4.69) is 15.7 Å². The number of piperidine rings is 1. The van der Waals surface area contributed by atoms with Crippen molar-refractivity contribution in [1.82, 2.24) is 13.6 Å². The van der Waals surface area contributed by atoms with Gasteiger partial charge in [0, 0.05) is 19.1 Å². The fourth-order valence-electron chi connectivity index (χ4n) is 1.77. The maximum Gasteiger partial charge on any atom is 0.275 e. The second-order valence-electron chi connectivity index (χ2n) is 3.97. The number of hydrogen-bond donors (Lipinski definition) is 1. The van der Waals surface area contributed by atoms with E-state index < -0.39 is 0 Å². The van der Waals surface area contributed by atoms with E-state index >= 15 is 0 Å². The summed E-state index contributed by atoms with van der Waals surface area (Å²) in [5.74, 6) is 0.330. The Hall–Kier alpha value is -1.01. The maximum absolute atomic E-state index is 11.9. The van der Waals surface area contributed by atoms with Crippen LogP contribution in [0, 0.1) is 5.92 Å². The number of hydrogen-bond acceptors (Lipinski definition) is 5. The van der Waals surface area contributed by atoms with Crippen LogP contribution < -0.4 is 5.73 Å². The lowest BCUT2D eigenvalue weighted by Crippen LogP contribution is -2.48. The molecule has 0 saturated carbocycles. The summed E-state index contributed by atoms with van der Waals surface area (Å²) in [6, 6.07) is 0.211. The molecule has 1 aliphatic heterocycles. The summed E-state index contributed by atoms with van der Waals surface area (Å²) >= 11 is 1.06. The van der Waals surface area contributed by atoms with E-state index in [4.69, 9.17) is 5.73 Å². The lowest BCUT2D eigenvalue weighted by molar-refractivity contribution is 0.0659. The Morgan fingerprint density at radius 1 is 1.73 bits per heavy atom.